The third kappa shape index (κ3) is 4.67. The van der Waals surface area contributed by atoms with Gasteiger partial charge in [0.2, 0.25) is 11.8 Å². The zero-order valence-electron chi connectivity index (χ0n) is 16.3. The molecule has 2 aromatic rings. The molecule has 2 amide bonds. The molecule has 1 aromatic heterocycles. The highest BCUT2D eigenvalue weighted by atomic mass is 32.2. The van der Waals surface area contributed by atoms with E-state index in [0.717, 1.165) is 54.8 Å². The summed E-state index contributed by atoms with van der Waals surface area (Å²) in [5.41, 5.74) is 1.06. The Kier molecular flexibility index (Phi) is 6.83. The number of amides is 2. The molecule has 6 heteroatoms. The number of fused-ring (bicyclic) bond motifs is 1. The number of para-hydroxylation sites is 1. The number of carbonyl (C=O) groups excluding carboxylic acids is 2. The van der Waals surface area contributed by atoms with Crippen LogP contribution in [0.4, 0.5) is 0 Å². The fourth-order valence-corrected chi connectivity index (χ4v) is 4.65. The van der Waals surface area contributed by atoms with Crippen molar-refractivity contribution in [2.75, 3.05) is 31.9 Å². The van der Waals surface area contributed by atoms with Crippen LogP contribution < -0.4 is 0 Å². The van der Waals surface area contributed by atoms with Gasteiger partial charge in [0.15, 0.2) is 0 Å². The Hall–Kier alpha value is -1.95. The first-order valence-electron chi connectivity index (χ1n) is 9.90. The summed E-state index contributed by atoms with van der Waals surface area (Å²) in [5.74, 6) is 0.771. The van der Waals surface area contributed by atoms with Gasteiger partial charge in [-0.1, -0.05) is 18.2 Å². The highest BCUT2D eigenvalue weighted by molar-refractivity contribution is 8.00. The Morgan fingerprint density at radius 1 is 1.07 bits per heavy atom. The zero-order chi connectivity index (χ0) is 19.2. The molecule has 0 atom stereocenters. The van der Waals surface area contributed by atoms with E-state index in [-0.39, 0.29) is 11.8 Å². The topological polar surface area (TPSA) is 45.6 Å². The van der Waals surface area contributed by atoms with Crippen LogP contribution in [0.5, 0.6) is 0 Å². The lowest BCUT2D eigenvalue weighted by Crippen LogP contribution is -2.37. The smallest absolute Gasteiger partial charge is 0.242 e. The molecule has 27 heavy (non-hydrogen) atoms. The molecule has 2 heterocycles. The number of benzene rings is 1. The minimum atomic E-state index is 0.159. The van der Waals surface area contributed by atoms with E-state index in [9.17, 15) is 9.59 Å². The third-order valence-corrected chi connectivity index (χ3v) is 6.26. The molecule has 0 aliphatic carbocycles. The average molecular weight is 388 g/mol. The molecule has 0 radical (unpaired) electrons. The van der Waals surface area contributed by atoms with Gasteiger partial charge in [0.05, 0.1) is 5.75 Å². The molecule has 1 fully saturated rings. The first-order chi connectivity index (χ1) is 13.1. The summed E-state index contributed by atoms with van der Waals surface area (Å²) in [6, 6.07) is 8.13. The fraction of sp³-hybridized carbons (Fsp3) is 0.524. The van der Waals surface area contributed by atoms with Crippen LogP contribution in [0.1, 0.15) is 33.1 Å². The highest BCUT2D eigenvalue weighted by Gasteiger charge is 2.19. The normalized spacial score (nSPS) is 14.5. The molecule has 0 unspecified atom stereocenters. The lowest BCUT2D eigenvalue weighted by molar-refractivity contribution is -0.132. The van der Waals surface area contributed by atoms with Crippen molar-refractivity contribution in [3.05, 3.63) is 30.5 Å². The lowest BCUT2D eigenvalue weighted by Gasteiger charge is -2.27. The molecule has 0 bridgehead atoms. The second-order valence-corrected chi connectivity index (χ2v) is 7.95. The van der Waals surface area contributed by atoms with Gasteiger partial charge >= 0.3 is 0 Å². The van der Waals surface area contributed by atoms with Crippen LogP contribution in [0.15, 0.2) is 35.4 Å². The maximum atomic E-state index is 12.7. The predicted octanol–water partition coefficient (Wildman–Crippen LogP) is 3.61. The van der Waals surface area contributed by atoms with Crippen molar-refractivity contribution >= 4 is 34.5 Å². The zero-order valence-corrected chi connectivity index (χ0v) is 17.1. The van der Waals surface area contributed by atoms with E-state index < -0.39 is 0 Å². The van der Waals surface area contributed by atoms with Gasteiger partial charge in [0, 0.05) is 48.2 Å². The number of aromatic nitrogens is 1. The summed E-state index contributed by atoms with van der Waals surface area (Å²) in [4.78, 5) is 29.9. The molecule has 0 saturated carbocycles. The number of thioether (sulfide) groups is 1. The molecule has 3 rings (SSSR count). The van der Waals surface area contributed by atoms with Crippen LogP contribution in [-0.4, -0.2) is 58.1 Å². The van der Waals surface area contributed by atoms with E-state index in [4.69, 9.17) is 0 Å². The van der Waals surface area contributed by atoms with E-state index in [0.29, 0.717) is 12.3 Å². The number of hydrogen-bond donors (Lipinski definition) is 0. The molecule has 1 aliphatic rings. The Labute approximate surface area is 165 Å². The van der Waals surface area contributed by atoms with Gasteiger partial charge in [-0.05, 0) is 39.2 Å². The summed E-state index contributed by atoms with van der Waals surface area (Å²) in [6.07, 6.45) is 5.46. The van der Waals surface area contributed by atoms with Gasteiger partial charge < -0.3 is 14.4 Å². The van der Waals surface area contributed by atoms with Gasteiger partial charge in [0.25, 0.3) is 0 Å². The van der Waals surface area contributed by atoms with Crippen molar-refractivity contribution in [3.8, 4) is 0 Å². The van der Waals surface area contributed by atoms with Gasteiger partial charge in [-0.15, -0.1) is 11.8 Å². The Balaban J connectivity index is 1.75. The average Bonchev–Trinajstić information content (AvgIpc) is 3.05. The summed E-state index contributed by atoms with van der Waals surface area (Å²) >= 11 is 1.56. The maximum absolute atomic E-state index is 12.7. The number of carbonyl (C=O) groups is 2. The first-order valence-corrected chi connectivity index (χ1v) is 10.9. The molecular weight excluding hydrogens is 358 g/mol. The quantitative estimate of drug-likeness (QED) is 0.682. The van der Waals surface area contributed by atoms with Crippen LogP contribution in [0.2, 0.25) is 0 Å². The van der Waals surface area contributed by atoms with E-state index >= 15 is 0 Å². The van der Waals surface area contributed by atoms with Gasteiger partial charge in [0.1, 0.15) is 6.54 Å². The minimum Gasteiger partial charge on any atom is -0.343 e. The molecule has 1 saturated heterocycles. The van der Waals surface area contributed by atoms with Gasteiger partial charge in [-0.3, -0.25) is 9.59 Å². The minimum absolute atomic E-state index is 0.159. The van der Waals surface area contributed by atoms with Crippen molar-refractivity contribution in [1.82, 2.24) is 14.4 Å². The number of piperidine rings is 1. The standard InChI is InChI=1S/C21H29N3O2S/c1-3-22(4-2)21(26)16-27-19-14-24(18-11-7-6-10-17(18)19)15-20(25)23-12-8-5-9-13-23/h6-7,10-11,14H,3-5,8-9,12-13,15-16H2,1-2H3. The highest BCUT2D eigenvalue weighted by Crippen LogP contribution is 2.30. The molecule has 5 nitrogen and oxygen atoms in total. The van der Waals surface area contributed by atoms with Crippen molar-refractivity contribution < 1.29 is 9.59 Å². The fourth-order valence-electron chi connectivity index (χ4n) is 3.66. The number of hydrogen-bond acceptors (Lipinski definition) is 3. The maximum Gasteiger partial charge on any atom is 0.242 e. The van der Waals surface area contributed by atoms with Crippen molar-refractivity contribution in [1.29, 1.82) is 0 Å². The van der Waals surface area contributed by atoms with Crippen LogP contribution in [0, 0.1) is 0 Å². The number of likely N-dealkylation sites (tertiary alicyclic amines) is 1. The summed E-state index contributed by atoms with van der Waals surface area (Å²) < 4.78 is 2.04. The second-order valence-electron chi connectivity index (χ2n) is 6.93. The van der Waals surface area contributed by atoms with Crippen LogP contribution >= 0.6 is 11.8 Å². The van der Waals surface area contributed by atoms with Crippen LogP contribution in [0.25, 0.3) is 10.9 Å². The van der Waals surface area contributed by atoms with E-state index in [1.807, 2.05) is 46.5 Å². The Morgan fingerprint density at radius 3 is 2.48 bits per heavy atom. The molecule has 0 N–H and O–H groups in total. The number of rotatable bonds is 7. The predicted molar refractivity (Wildman–Crippen MR) is 111 cm³/mol. The molecule has 1 aliphatic heterocycles. The lowest BCUT2D eigenvalue weighted by atomic mass is 10.1. The molecule has 0 spiro atoms. The Morgan fingerprint density at radius 2 is 1.78 bits per heavy atom. The van der Waals surface area contributed by atoms with Crippen molar-refractivity contribution in [2.45, 2.75) is 44.6 Å². The summed E-state index contributed by atoms with van der Waals surface area (Å²) in [7, 11) is 0. The number of nitrogens with zero attached hydrogens (tertiary/aromatic N) is 3. The first kappa shape index (κ1) is 19.8. The molecule has 1 aromatic carbocycles. The van der Waals surface area contributed by atoms with Crippen LogP contribution in [0.3, 0.4) is 0 Å². The van der Waals surface area contributed by atoms with E-state index in [2.05, 4.69) is 12.1 Å². The van der Waals surface area contributed by atoms with E-state index in [1.54, 1.807) is 11.8 Å². The summed E-state index contributed by atoms with van der Waals surface area (Å²) in [5, 5.41) is 1.11. The van der Waals surface area contributed by atoms with Crippen LogP contribution in [-0.2, 0) is 16.1 Å². The third-order valence-electron chi connectivity index (χ3n) is 5.23. The van der Waals surface area contributed by atoms with Gasteiger partial charge in [-0.25, -0.2) is 0 Å². The molecule has 146 valence electrons. The Bertz CT molecular complexity index is 792. The van der Waals surface area contributed by atoms with Crippen molar-refractivity contribution in [2.24, 2.45) is 0 Å². The molecular formula is C21H29N3O2S. The van der Waals surface area contributed by atoms with E-state index in [1.165, 1.54) is 6.42 Å². The summed E-state index contributed by atoms with van der Waals surface area (Å²) in [6.45, 7) is 7.60. The monoisotopic (exact) mass is 387 g/mol. The second kappa shape index (κ2) is 9.31. The largest absolute Gasteiger partial charge is 0.343 e. The van der Waals surface area contributed by atoms with Gasteiger partial charge in [-0.2, -0.15) is 0 Å². The SMILES string of the molecule is CCN(CC)C(=O)CSc1cn(CC(=O)N2CCCCC2)c2ccccc12. The van der Waals surface area contributed by atoms with Crippen molar-refractivity contribution in [3.63, 3.8) is 0 Å².